The van der Waals surface area contributed by atoms with Gasteiger partial charge in [0.15, 0.2) is 5.13 Å². The highest BCUT2D eigenvalue weighted by Crippen LogP contribution is 2.31. The Morgan fingerprint density at radius 1 is 1.11 bits per heavy atom. The third-order valence-electron chi connectivity index (χ3n) is 4.09. The van der Waals surface area contributed by atoms with Crippen LogP contribution < -0.4 is 15.4 Å². The van der Waals surface area contributed by atoms with Gasteiger partial charge in [-0.1, -0.05) is 30.3 Å². The molecule has 0 unspecified atom stereocenters. The zero-order valence-corrected chi connectivity index (χ0v) is 14.8. The van der Waals surface area contributed by atoms with Crippen LogP contribution in [0.2, 0.25) is 0 Å². The molecular weight excluding hydrogens is 369 g/mol. The Bertz CT molecular complexity index is 1020. The fraction of sp³-hybridized carbons (Fsp3) is 0.105. The van der Waals surface area contributed by atoms with E-state index in [1.165, 1.54) is 6.07 Å². The number of amides is 2. The van der Waals surface area contributed by atoms with E-state index in [2.05, 4.69) is 15.6 Å². The number of para-hydroxylation sites is 1. The summed E-state index contributed by atoms with van der Waals surface area (Å²) in [4.78, 5) is 28.5. The number of halogens is 1. The lowest BCUT2D eigenvalue weighted by Gasteiger charge is -2.10. The first-order valence-corrected chi connectivity index (χ1v) is 9.04. The highest BCUT2D eigenvalue weighted by molar-refractivity contribution is 7.14. The van der Waals surface area contributed by atoms with Crippen LogP contribution in [-0.4, -0.2) is 23.4 Å². The molecule has 3 aromatic rings. The average Bonchev–Trinajstić information content (AvgIpc) is 3.29. The highest BCUT2D eigenvalue weighted by Gasteiger charge is 2.27. The Labute approximate surface area is 158 Å². The molecule has 27 heavy (non-hydrogen) atoms. The van der Waals surface area contributed by atoms with E-state index >= 15 is 0 Å². The van der Waals surface area contributed by atoms with Gasteiger partial charge in [-0.15, -0.1) is 11.3 Å². The number of thiazole rings is 1. The van der Waals surface area contributed by atoms with Crippen LogP contribution in [0.1, 0.15) is 11.6 Å². The number of nitrogens with one attached hydrogen (secondary N) is 2. The van der Waals surface area contributed by atoms with Crippen LogP contribution in [0.4, 0.5) is 9.52 Å². The smallest absolute Gasteiger partial charge is 0.315 e. The van der Waals surface area contributed by atoms with Crippen LogP contribution in [0.25, 0.3) is 11.3 Å². The third-order valence-corrected chi connectivity index (χ3v) is 4.84. The summed E-state index contributed by atoms with van der Waals surface area (Å²) < 4.78 is 19.3. The van der Waals surface area contributed by atoms with Gasteiger partial charge in [0.2, 0.25) is 0 Å². The largest absolute Gasteiger partial charge is 0.491 e. The lowest BCUT2D eigenvalue weighted by atomic mass is 10.1. The minimum absolute atomic E-state index is 0.219. The molecule has 0 fully saturated rings. The molecule has 1 aromatic heterocycles. The monoisotopic (exact) mass is 383 g/mol. The fourth-order valence-electron chi connectivity index (χ4n) is 2.78. The second-order valence-electron chi connectivity index (χ2n) is 5.85. The third kappa shape index (κ3) is 3.52. The minimum atomic E-state index is -0.839. The molecule has 0 aliphatic carbocycles. The maximum Gasteiger partial charge on any atom is 0.315 e. The van der Waals surface area contributed by atoms with Crippen LogP contribution in [0.5, 0.6) is 5.75 Å². The number of anilines is 1. The number of fused-ring (bicyclic) bond motifs is 1. The standard InChI is InChI=1S/C19H14FN3O3S/c20-13-7-3-1-5-11(13)15-10-27-19(22-15)23-18(25)17(24)21-14-9-26-16-8-4-2-6-12(14)16/h1-8,10,14H,9H2,(H,21,24)(H,22,23,25)/t14-/m1/s1. The molecule has 0 saturated carbocycles. The van der Waals surface area contributed by atoms with E-state index in [1.807, 2.05) is 18.2 Å². The molecule has 0 saturated heterocycles. The van der Waals surface area contributed by atoms with Crippen LogP contribution in [0, 0.1) is 5.82 Å². The van der Waals surface area contributed by atoms with Crippen molar-refractivity contribution in [1.82, 2.24) is 10.3 Å². The van der Waals surface area contributed by atoms with E-state index in [0.29, 0.717) is 17.0 Å². The molecule has 2 heterocycles. The highest BCUT2D eigenvalue weighted by atomic mass is 32.1. The molecule has 1 aliphatic rings. The van der Waals surface area contributed by atoms with Crippen molar-refractivity contribution in [1.29, 1.82) is 0 Å². The van der Waals surface area contributed by atoms with E-state index in [4.69, 9.17) is 4.74 Å². The van der Waals surface area contributed by atoms with Crippen molar-refractivity contribution in [3.05, 3.63) is 65.3 Å². The number of ether oxygens (including phenoxy) is 1. The molecule has 4 rings (SSSR count). The summed E-state index contributed by atoms with van der Waals surface area (Å²) in [6.45, 7) is 0.271. The molecule has 6 nitrogen and oxygen atoms in total. The molecular formula is C19H14FN3O3S. The van der Waals surface area contributed by atoms with Crippen molar-refractivity contribution in [2.75, 3.05) is 11.9 Å². The Morgan fingerprint density at radius 3 is 2.74 bits per heavy atom. The van der Waals surface area contributed by atoms with Gasteiger partial charge in [-0.3, -0.25) is 14.9 Å². The van der Waals surface area contributed by atoms with Crippen molar-refractivity contribution < 1.29 is 18.7 Å². The molecule has 2 N–H and O–H groups in total. The number of nitrogens with zero attached hydrogens (tertiary/aromatic N) is 1. The zero-order valence-electron chi connectivity index (χ0n) is 13.9. The van der Waals surface area contributed by atoms with Gasteiger partial charge >= 0.3 is 11.8 Å². The van der Waals surface area contributed by atoms with E-state index in [9.17, 15) is 14.0 Å². The quantitative estimate of drug-likeness (QED) is 0.681. The van der Waals surface area contributed by atoms with Crippen molar-refractivity contribution in [3.8, 4) is 17.0 Å². The summed E-state index contributed by atoms with van der Waals surface area (Å²) in [5, 5.41) is 6.92. The summed E-state index contributed by atoms with van der Waals surface area (Å²) in [6.07, 6.45) is 0. The second-order valence-corrected chi connectivity index (χ2v) is 6.70. The number of carbonyl (C=O) groups excluding carboxylic acids is 2. The SMILES string of the molecule is O=C(Nc1nc(-c2ccccc2F)cs1)C(=O)N[C@@H]1COc2ccccc21. The van der Waals surface area contributed by atoms with E-state index < -0.39 is 17.6 Å². The van der Waals surface area contributed by atoms with Crippen LogP contribution >= 0.6 is 11.3 Å². The summed E-state index contributed by atoms with van der Waals surface area (Å²) in [7, 11) is 0. The molecule has 2 amide bonds. The van der Waals surface area contributed by atoms with Gasteiger partial charge in [0.25, 0.3) is 0 Å². The number of hydrogen-bond donors (Lipinski definition) is 2. The Kier molecular flexibility index (Phi) is 4.55. The molecule has 2 aromatic carbocycles. The Balaban J connectivity index is 1.41. The van der Waals surface area contributed by atoms with Gasteiger partial charge < -0.3 is 10.1 Å². The number of carbonyl (C=O) groups is 2. The number of hydrogen-bond acceptors (Lipinski definition) is 5. The predicted molar refractivity (Wildman–Crippen MR) is 99.0 cm³/mol. The Morgan fingerprint density at radius 2 is 1.89 bits per heavy atom. The van der Waals surface area contributed by atoms with Gasteiger partial charge in [-0.2, -0.15) is 0 Å². The molecule has 1 atom stereocenters. The molecule has 8 heteroatoms. The lowest BCUT2D eigenvalue weighted by Crippen LogP contribution is -2.38. The molecule has 0 bridgehead atoms. The van der Waals surface area contributed by atoms with Gasteiger partial charge in [0, 0.05) is 16.5 Å². The lowest BCUT2D eigenvalue weighted by molar-refractivity contribution is -0.136. The first-order valence-electron chi connectivity index (χ1n) is 8.16. The maximum atomic E-state index is 13.8. The molecule has 0 spiro atoms. The second kappa shape index (κ2) is 7.16. The van der Waals surface area contributed by atoms with Crippen LogP contribution in [-0.2, 0) is 9.59 Å². The van der Waals surface area contributed by atoms with Gasteiger partial charge in [0.05, 0.1) is 11.7 Å². The number of benzene rings is 2. The summed E-state index contributed by atoms with van der Waals surface area (Å²) in [5.41, 5.74) is 1.56. The normalized spacial score (nSPS) is 14.9. The molecule has 0 radical (unpaired) electrons. The van der Waals surface area contributed by atoms with Gasteiger partial charge in [-0.05, 0) is 18.2 Å². The minimum Gasteiger partial charge on any atom is -0.491 e. The number of aromatic nitrogens is 1. The molecule has 136 valence electrons. The van der Waals surface area contributed by atoms with Crippen molar-refractivity contribution in [2.24, 2.45) is 0 Å². The summed E-state index contributed by atoms with van der Waals surface area (Å²) in [6, 6.07) is 13.2. The van der Waals surface area contributed by atoms with Gasteiger partial charge in [-0.25, -0.2) is 9.37 Å². The zero-order chi connectivity index (χ0) is 18.8. The molecule has 1 aliphatic heterocycles. The van der Waals surface area contributed by atoms with E-state index in [-0.39, 0.29) is 17.8 Å². The van der Waals surface area contributed by atoms with E-state index in [0.717, 1.165) is 16.9 Å². The topological polar surface area (TPSA) is 80.3 Å². The fourth-order valence-corrected chi connectivity index (χ4v) is 3.49. The average molecular weight is 383 g/mol. The van der Waals surface area contributed by atoms with Crippen molar-refractivity contribution >= 4 is 28.3 Å². The van der Waals surface area contributed by atoms with Crippen LogP contribution in [0.15, 0.2) is 53.9 Å². The number of rotatable bonds is 3. The first-order chi connectivity index (χ1) is 13.1. The van der Waals surface area contributed by atoms with Crippen LogP contribution in [0.3, 0.4) is 0 Å². The Hall–Kier alpha value is -3.26. The van der Waals surface area contributed by atoms with Gasteiger partial charge in [0.1, 0.15) is 18.2 Å². The first kappa shape index (κ1) is 17.2. The summed E-state index contributed by atoms with van der Waals surface area (Å²) >= 11 is 1.12. The van der Waals surface area contributed by atoms with Crippen molar-refractivity contribution in [2.45, 2.75) is 6.04 Å². The maximum absolute atomic E-state index is 13.8. The van der Waals surface area contributed by atoms with E-state index in [1.54, 1.807) is 29.6 Å². The van der Waals surface area contributed by atoms with Crippen molar-refractivity contribution in [3.63, 3.8) is 0 Å². The summed E-state index contributed by atoms with van der Waals surface area (Å²) in [5.74, 6) is -1.34. The predicted octanol–water partition coefficient (Wildman–Crippen LogP) is 3.14.